The summed E-state index contributed by atoms with van der Waals surface area (Å²) in [5.41, 5.74) is 5.07. The fourth-order valence-electron chi connectivity index (χ4n) is 0.530. The third-order valence-electron chi connectivity index (χ3n) is 1.11. The number of aliphatic imine (C=N–C) groups is 1. The number of nitrogens with zero attached hydrogens (tertiary/aromatic N) is 1. The van der Waals surface area contributed by atoms with Crippen molar-refractivity contribution in [1.82, 2.24) is 0 Å². The standard InChI is InChI=1S/C6H10N2O/c7-2-1-3-8-6-4-9-5-6/h1-3,6H,4-5,7H2/b2-1-,8-3?. The monoisotopic (exact) mass is 126 g/mol. The van der Waals surface area contributed by atoms with Gasteiger partial charge >= 0.3 is 0 Å². The molecule has 0 aromatic heterocycles. The molecule has 1 saturated heterocycles. The maximum Gasteiger partial charge on any atom is 0.0965 e. The lowest BCUT2D eigenvalue weighted by atomic mass is 10.3. The van der Waals surface area contributed by atoms with Crippen molar-refractivity contribution in [2.75, 3.05) is 13.2 Å². The van der Waals surface area contributed by atoms with E-state index in [1.165, 1.54) is 6.20 Å². The molecule has 50 valence electrons. The zero-order chi connectivity index (χ0) is 6.53. The molecule has 0 atom stereocenters. The van der Waals surface area contributed by atoms with Crippen molar-refractivity contribution < 1.29 is 4.74 Å². The van der Waals surface area contributed by atoms with Gasteiger partial charge in [0.15, 0.2) is 0 Å². The van der Waals surface area contributed by atoms with E-state index in [-0.39, 0.29) is 0 Å². The van der Waals surface area contributed by atoms with Crippen LogP contribution in [0.15, 0.2) is 17.3 Å². The summed E-state index contributed by atoms with van der Waals surface area (Å²) in [5.74, 6) is 0. The Labute approximate surface area is 54.2 Å². The first kappa shape index (κ1) is 6.29. The topological polar surface area (TPSA) is 47.6 Å². The Morgan fingerprint density at radius 1 is 1.56 bits per heavy atom. The van der Waals surface area contributed by atoms with Crippen molar-refractivity contribution in [2.24, 2.45) is 10.7 Å². The van der Waals surface area contributed by atoms with Gasteiger partial charge in [-0.3, -0.25) is 4.99 Å². The predicted molar refractivity (Wildman–Crippen MR) is 36.4 cm³/mol. The summed E-state index contributed by atoms with van der Waals surface area (Å²) >= 11 is 0. The van der Waals surface area contributed by atoms with Gasteiger partial charge in [0.1, 0.15) is 0 Å². The highest BCUT2D eigenvalue weighted by Gasteiger charge is 2.14. The van der Waals surface area contributed by atoms with Crippen LogP contribution >= 0.6 is 0 Å². The molecule has 0 aromatic carbocycles. The Morgan fingerprint density at radius 2 is 2.33 bits per heavy atom. The van der Waals surface area contributed by atoms with Crippen LogP contribution < -0.4 is 5.73 Å². The third-order valence-corrected chi connectivity index (χ3v) is 1.11. The van der Waals surface area contributed by atoms with Crippen LogP contribution in [-0.4, -0.2) is 25.5 Å². The summed E-state index contributed by atoms with van der Waals surface area (Å²) < 4.78 is 4.90. The maximum atomic E-state index is 5.07. The minimum Gasteiger partial charge on any atom is -0.405 e. The lowest BCUT2D eigenvalue weighted by Gasteiger charge is -2.21. The molecule has 0 amide bonds. The Kier molecular flexibility index (Phi) is 2.27. The normalized spacial score (nSPS) is 21.3. The average Bonchev–Trinajstić information content (AvgIpc) is 1.76. The maximum absolute atomic E-state index is 5.07. The van der Waals surface area contributed by atoms with E-state index in [0.29, 0.717) is 6.04 Å². The van der Waals surface area contributed by atoms with Gasteiger partial charge in [-0.25, -0.2) is 0 Å². The van der Waals surface area contributed by atoms with Gasteiger partial charge in [-0.15, -0.1) is 0 Å². The van der Waals surface area contributed by atoms with Gasteiger partial charge < -0.3 is 10.5 Å². The van der Waals surface area contributed by atoms with Crippen molar-refractivity contribution in [3.8, 4) is 0 Å². The highest BCUT2D eigenvalue weighted by atomic mass is 16.5. The van der Waals surface area contributed by atoms with Gasteiger partial charge in [-0.2, -0.15) is 0 Å². The Bertz CT molecular complexity index is 127. The molecular formula is C6H10N2O. The number of hydrogen-bond donors (Lipinski definition) is 1. The van der Waals surface area contributed by atoms with E-state index < -0.39 is 0 Å². The van der Waals surface area contributed by atoms with Crippen LogP contribution in [0.2, 0.25) is 0 Å². The summed E-state index contributed by atoms with van der Waals surface area (Å²) in [5, 5.41) is 0. The van der Waals surface area contributed by atoms with Gasteiger partial charge in [0.2, 0.25) is 0 Å². The van der Waals surface area contributed by atoms with E-state index in [1.54, 1.807) is 12.3 Å². The van der Waals surface area contributed by atoms with Crippen molar-refractivity contribution in [1.29, 1.82) is 0 Å². The lowest BCUT2D eigenvalue weighted by Crippen LogP contribution is -2.31. The van der Waals surface area contributed by atoms with E-state index in [1.807, 2.05) is 0 Å². The molecule has 1 heterocycles. The summed E-state index contributed by atoms with van der Waals surface area (Å²) in [7, 11) is 0. The van der Waals surface area contributed by atoms with Crippen molar-refractivity contribution in [2.45, 2.75) is 6.04 Å². The number of nitrogens with two attached hydrogens (primary N) is 1. The zero-order valence-corrected chi connectivity index (χ0v) is 5.16. The fourth-order valence-corrected chi connectivity index (χ4v) is 0.530. The highest BCUT2D eigenvalue weighted by Crippen LogP contribution is 2.03. The summed E-state index contributed by atoms with van der Waals surface area (Å²) in [6, 6.07) is 0.376. The zero-order valence-electron chi connectivity index (χ0n) is 5.16. The van der Waals surface area contributed by atoms with E-state index >= 15 is 0 Å². The summed E-state index contributed by atoms with van der Waals surface area (Å²) in [6.45, 7) is 1.52. The van der Waals surface area contributed by atoms with Crippen LogP contribution in [0, 0.1) is 0 Å². The van der Waals surface area contributed by atoms with Gasteiger partial charge in [0.05, 0.1) is 19.3 Å². The number of ether oxygens (including phenoxy) is 1. The minimum atomic E-state index is 0.376. The Balaban J connectivity index is 2.14. The van der Waals surface area contributed by atoms with Crippen LogP contribution in [0.25, 0.3) is 0 Å². The average molecular weight is 126 g/mol. The molecule has 0 saturated carbocycles. The van der Waals surface area contributed by atoms with Crippen LogP contribution in [0.5, 0.6) is 0 Å². The molecule has 1 fully saturated rings. The molecule has 3 heteroatoms. The molecule has 0 aliphatic carbocycles. The first-order valence-corrected chi connectivity index (χ1v) is 2.91. The summed E-state index contributed by atoms with van der Waals surface area (Å²) in [4.78, 5) is 4.10. The molecule has 0 unspecified atom stereocenters. The van der Waals surface area contributed by atoms with Crippen molar-refractivity contribution >= 4 is 6.21 Å². The largest absolute Gasteiger partial charge is 0.405 e. The smallest absolute Gasteiger partial charge is 0.0965 e. The molecule has 1 aliphatic rings. The Morgan fingerprint density at radius 3 is 2.78 bits per heavy atom. The van der Waals surface area contributed by atoms with E-state index in [9.17, 15) is 0 Å². The van der Waals surface area contributed by atoms with Gasteiger partial charge in [0.25, 0.3) is 0 Å². The molecule has 0 radical (unpaired) electrons. The number of hydrogen-bond acceptors (Lipinski definition) is 3. The first-order valence-electron chi connectivity index (χ1n) is 2.91. The SMILES string of the molecule is N/C=C\C=NC1COC1. The Hall–Kier alpha value is -0.830. The highest BCUT2D eigenvalue weighted by molar-refractivity contribution is 5.70. The van der Waals surface area contributed by atoms with Crippen LogP contribution in [0.4, 0.5) is 0 Å². The van der Waals surface area contributed by atoms with Crippen molar-refractivity contribution in [3.63, 3.8) is 0 Å². The molecule has 0 bridgehead atoms. The van der Waals surface area contributed by atoms with E-state index in [0.717, 1.165) is 13.2 Å². The molecule has 0 aromatic rings. The molecule has 1 rings (SSSR count). The van der Waals surface area contributed by atoms with Gasteiger partial charge in [-0.1, -0.05) is 0 Å². The minimum absolute atomic E-state index is 0.376. The lowest BCUT2D eigenvalue weighted by molar-refractivity contribution is 0.0135. The molecule has 2 N–H and O–H groups in total. The van der Waals surface area contributed by atoms with Crippen LogP contribution in [0.1, 0.15) is 0 Å². The van der Waals surface area contributed by atoms with E-state index in [4.69, 9.17) is 10.5 Å². The summed E-state index contributed by atoms with van der Waals surface area (Å²) in [6.07, 6.45) is 4.87. The second-order valence-electron chi connectivity index (χ2n) is 1.87. The third kappa shape index (κ3) is 1.85. The van der Waals surface area contributed by atoms with Gasteiger partial charge in [0, 0.05) is 6.21 Å². The van der Waals surface area contributed by atoms with Gasteiger partial charge in [-0.05, 0) is 12.3 Å². The molecule has 3 nitrogen and oxygen atoms in total. The second-order valence-corrected chi connectivity index (χ2v) is 1.87. The molecule has 9 heavy (non-hydrogen) atoms. The van der Waals surface area contributed by atoms with Crippen LogP contribution in [0.3, 0.4) is 0 Å². The number of allylic oxidation sites excluding steroid dienone is 1. The van der Waals surface area contributed by atoms with Crippen LogP contribution in [-0.2, 0) is 4.74 Å². The van der Waals surface area contributed by atoms with E-state index in [2.05, 4.69) is 4.99 Å². The van der Waals surface area contributed by atoms with Crippen molar-refractivity contribution in [3.05, 3.63) is 12.3 Å². The first-order chi connectivity index (χ1) is 4.43. The molecule has 0 spiro atoms. The molecule has 1 aliphatic heterocycles. The number of rotatable bonds is 2. The quantitative estimate of drug-likeness (QED) is 0.526. The fraction of sp³-hybridized carbons (Fsp3) is 0.500. The second kappa shape index (κ2) is 3.25. The molecular weight excluding hydrogens is 116 g/mol. The predicted octanol–water partition coefficient (Wildman–Crippen LogP) is -0.0716.